The Bertz CT molecular complexity index is 868. The molecule has 0 fully saturated rings. The minimum absolute atomic E-state index is 0.0174. The van der Waals surface area contributed by atoms with E-state index in [0.717, 1.165) is 35.3 Å². The molecule has 2 heterocycles. The Morgan fingerprint density at radius 2 is 1.96 bits per heavy atom. The number of aryl methyl sites for hydroxylation is 1. The Morgan fingerprint density at radius 1 is 1.13 bits per heavy atom. The Hall–Kier alpha value is -2.42. The van der Waals surface area contributed by atoms with Gasteiger partial charge in [0.1, 0.15) is 11.9 Å². The van der Waals surface area contributed by atoms with E-state index in [2.05, 4.69) is 38.6 Å². The highest BCUT2D eigenvalue weighted by Gasteiger charge is 2.34. The van der Waals surface area contributed by atoms with E-state index in [1.807, 2.05) is 18.2 Å². The summed E-state index contributed by atoms with van der Waals surface area (Å²) < 4.78 is 16.3. The van der Waals surface area contributed by atoms with Gasteiger partial charge in [-0.25, -0.2) is 0 Å². The molecular formula is C20H20O3. The lowest BCUT2D eigenvalue weighted by molar-refractivity contribution is 0.0585. The largest absolute Gasteiger partial charge is 0.485 e. The van der Waals surface area contributed by atoms with Crippen molar-refractivity contribution in [2.45, 2.75) is 38.7 Å². The van der Waals surface area contributed by atoms with Crippen molar-refractivity contribution in [1.29, 1.82) is 0 Å². The molecule has 0 N–H and O–H groups in total. The highest BCUT2D eigenvalue weighted by Crippen LogP contribution is 2.48. The Balaban J connectivity index is 1.75. The summed E-state index contributed by atoms with van der Waals surface area (Å²) >= 11 is 0. The van der Waals surface area contributed by atoms with Crippen LogP contribution in [0.4, 0.5) is 0 Å². The first-order valence-electron chi connectivity index (χ1n) is 8.13. The van der Waals surface area contributed by atoms with Crippen molar-refractivity contribution >= 4 is 11.2 Å². The number of ether oxygens (including phenoxy) is 1. The zero-order chi connectivity index (χ0) is 16.0. The van der Waals surface area contributed by atoms with Crippen molar-refractivity contribution in [3.63, 3.8) is 0 Å². The average molecular weight is 308 g/mol. The lowest BCUT2D eigenvalue weighted by atomic mass is 9.90. The third-order valence-corrected chi connectivity index (χ3v) is 4.72. The van der Waals surface area contributed by atoms with Gasteiger partial charge in [-0.05, 0) is 41.7 Å². The van der Waals surface area contributed by atoms with Crippen molar-refractivity contribution in [3.05, 3.63) is 65.2 Å². The summed E-state index contributed by atoms with van der Waals surface area (Å²) in [5.41, 5.74) is 6.59. The molecule has 4 rings (SSSR count). The molecule has 2 unspecified atom stereocenters. The molecule has 118 valence electrons. The van der Waals surface area contributed by atoms with Crippen LogP contribution in [-0.2, 0) is 12.8 Å². The van der Waals surface area contributed by atoms with Crippen molar-refractivity contribution in [3.8, 4) is 5.75 Å². The Labute approximate surface area is 135 Å². The second-order valence-corrected chi connectivity index (χ2v) is 6.22. The molecule has 0 bridgehead atoms. The molecule has 2 aromatic carbocycles. The second kappa shape index (κ2) is 5.34. The Kier molecular flexibility index (Phi) is 3.29. The van der Waals surface area contributed by atoms with Gasteiger partial charge in [0.25, 0.3) is 0 Å². The molecule has 3 nitrogen and oxygen atoms in total. The molecule has 1 aromatic heterocycles. The van der Waals surface area contributed by atoms with Gasteiger partial charge in [0.05, 0.1) is 0 Å². The molecule has 0 radical (unpaired) electrons. The fourth-order valence-corrected chi connectivity index (χ4v) is 3.45. The van der Waals surface area contributed by atoms with Crippen LogP contribution in [0.1, 0.15) is 48.1 Å². The highest BCUT2D eigenvalue weighted by molar-refractivity contribution is 5.71. The maximum Gasteiger partial charge on any atom is 0.226 e. The summed E-state index contributed by atoms with van der Waals surface area (Å²) in [6.07, 6.45) is 3.83. The molecule has 0 saturated heterocycles. The first-order valence-corrected chi connectivity index (χ1v) is 8.13. The highest BCUT2D eigenvalue weighted by atomic mass is 17.0. The maximum atomic E-state index is 6.36. The molecule has 0 saturated carbocycles. The van der Waals surface area contributed by atoms with Gasteiger partial charge in [0.2, 0.25) is 11.2 Å². The lowest BCUT2D eigenvalue weighted by Crippen LogP contribution is -2.07. The standard InChI is InChI=1S/C20H20O3/c1-4-6-13-9-14(5-2)20-16(10-13)12(3)19(21-20)15-7-8-17-18(11-15)23-22-17/h4,7-12,19H,1,5-6H2,2-3H3. The van der Waals surface area contributed by atoms with Crippen LogP contribution in [0, 0.1) is 0 Å². The minimum atomic E-state index is 0.0174. The predicted octanol–water partition coefficient (Wildman–Crippen LogP) is 5.55. The Morgan fingerprint density at radius 3 is 2.61 bits per heavy atom. The molecule has 23 heavy (non-hydrogen) atoms. The first-order chi connectivity index (χ1) is 11.2. The molecule has 0 amide bonds. The van der Waals surface area contributed by atoms with Gasteiger partial charge in [-0.15, -0.1) is 6.58 Å². The first kappa shape index (κ1) is 14.2. The van der Waals surface area contributed by atoms with E-state index in [-0.39, 0.29) is 6.10 Å². The maximum absolute atomic E-state index is 6.36. The van der Waals surface area contributed by atoms with E-state index in [1.54, 1.807) is 0 Å². The van der Waals surface area contributed by atoms with E-state index >= 15 is 0 Å². The van der Waals surface area contributed by atoms with Crippen molar-refractivity contribution in [2.24, 2.45) is 0 Å². The van der Waals surface area contributed by atoms with Crippen LogP contribution in [0.15, 0.2) is 52.1 Å². The normalized spacial score (nSPS) is 19.7. The zero-order valence-electron chi connectivity index (χ0n) is 13.5. The van der Waals surface area contributed by atoms with Crippen molar-refractivity contribution in [1.82, 2.24) is 0 Å². The average Bonchev–Trinajstić information content (AvgIpc) is 2.86. The molecular weight excluding hydrogens is 288 g/mol. The summed E-state index contributed by atoms with van der Waals surface area (Å²) in [6, 6.07) is 10.5. The third-order valence-electron chi connectivity index (χ3n) is 4.72. The van der Waals surface area contributed by atoms with Gasteiger partial charge < -0.3 is 4.74 Å². The van der Waals surface area contributed by atoms with E-state index in [1.165, 1.54) is 16.7 Å². The van der Waals surface area contributed by atoms with E-state index < -0.39 is 0 Å². The topological polar surface area (TPSA) is 35.5 Å². The van der Waals surface area contributed by atoms with E-state index in [9.17, 15) is 0 Å². The van der Waals surface area contributed by atoms with E-state index in [0.29, 0.717) is 5.92 Å². The van der Waals surface area contributed by atoms with Crippen LogP contribution in [0.5, 0.6) is 5.75 Å². The van der Waals surface area contributed by atoms with Crippen LogP contribution in [0.3, 0.4) is 0 Å². The van der Waals surface area contributed by atoms with Crippen LogP contribution in [0.25, 0.3) is 11.2 Å². The lowest BCUT2D eigenvalue weighted by Gasteiger charge is -2.16. The summed E-state index contributed by atoms with van der Waals surface area (Å²) in [4.78, 5) is 0. The number of benzene rings is 2. The molecule has 3 aromatic rings. The fourth-order valence-electron chi connectivity index (χ4n) is 3.45. The molecule has 0 spiro atoms. The molecule has 3 heteroatoms. The van der Waals surface area contributed by atoms with Gasteiger partial charge in [0.15, 0.2) is 0 Å². The summed E-state index contributed by atoms with van der Waals surface area (Å²) in [7, 11) is 0. The fraction of sp³-hybridized carbons (Fsp3) is 0.300. The van der Waals surface area contributed by atoms with Gasteiger partial charge in [-0.3, -0.25) is 9.15 Å². The summed E-state index contributed by atoms with van der Waals surface area (Å²) in [6.45, 7) is 8.25. The van der Waals surface area contributed by atoms with Crippen LogP contribution in [-0.4, -0.2) is 0 Å². The number of fused-ring (bicyclic) bond motifs is 2. The monoisotopic (exact) mass is 308 g/mol. The summed E-state index contributed by atoms with van der Waals surface area (Å²) in [5, 5.41) is 0. The van der Waals surface area contributed by atoms with Gasteiger partial charge in [0, 0.05) is 11.5 Å². The second-order valence-electron chi connectivity index (χ2n) is 6.22. The number of rotatable bonds is 4. The van der Waals surface area contributed by atoms with Crippen LogP contribution < -0.4 is 4.74 Å². The SMILES string of the molecule is C=CCc1cc(CC)c2c(c1)C(C)C(c1ccc3ooc3c1)O2. The quantitative estimate of drug-likeness (QED) is 0.468. The van der Waals surface area contributed by atoms with Crippen LogP contribution in [0.2, 0.25) is 0 Å². The molecule has 1 aliphatic heterocycles. The smallest absolute Gasteiger partial charge is 0.226 e. The summed E-state index contributed by atoms with van der Waals surface area (Å²) in [5.74, 6) is 1.36. The predicted molar refractivity (Wildman–Crippen MR) is 90.0 cm³/mol. The molecule has 2 atom stereocenters. The van der Waals surface area contributed by atoms with Crippen LogP contribution >= 0.6 is 0 Å². The van der Waals surface area contributed by atoms with Gasteiger partial charge >= 0.3 is 0 Å². The molecule has 0 aliphatic carbocycles. The minimum Gasteiger partial charge on any atom is -0.485 e. The number of hydrogen-bond acceptors (Lipinski definition) is 3. The molecule has 1 aliphatic rings. The van der Waals surface area contributed by atoms with Crippen molar-refractivity contribution < 1.29 is 13.9 Å². The van der Waals surface area contributed by atoms with Gasteiger partial charge in [-0.2, -0.15) is 0 Å². The van der Waals surface area contributed by atoms with E-state index in [4.69, 9.17) is 13.9 Å². The van der Waals surface area contributed by atoms with Gasteiger partial charge in [-0.1, -0.05) is 38.1 Å². The number of hydrogen-bond donors (Lipinski definition) is 0. The number of allylic oxidation sites excluding steroid dienone is 1. The van der Waals surface area contributed by atoms with Crippen molar-refractivity contribution in [2.75, 3.05) is 0 Å². The zero-order valence-corrected chi connectivity index (χ0v) is 13.5. The third kappa shape index (κ3) is 2.19.